The summed E-state index contributed by atoms with van der Waals surface area (Å²) in [5.41, 5.74) is 8.94. The van der Waals surface area contributed by atoms with Crippen LogP contribution in [-0.2, 0) is 9.63 Å². The van der Waals surface area contributed by atoms with Gasteiger partial charge in [-0.3, -0.25) is 14.7 Å². The van der Waals surface area contributed by atoms with Gasteiger partial charge in [0.2, 0.25) is 5.91 Å². The van der Waals surface area contributed by atoms with E-state index in [4.69, 9.17) is 10.6 Å². The summed E-state index contributed by atoms with van der Waals surface area (Å²) in [5, 5.41) is 4.29. The highest BCUT2D eigenvalue weighted by Gasteiger charge is 2.33. The number of carbonyl (C=O) groups excluding carboxylic acids is 1. The number of likely N-dealkylation sites (tertiary alicyclic amines) is 2. The summed E-state index contributed by atoms with van der Waals surface area (Å²) in [6.07, 6.45) is 8.92. The molecule has 2 aliphatic heterocycles. The molecule has 0 radical (unpaired) electrons. The van der Waals surface area contributed by atoms with E-state index in [0.717, 1.165) is 63.1 Å². The van der Waals surface area contributed by atoms with Crippen molar-refractivity contribution in [2.24, 2.45) is 17.0 Å². The van der Waals surface area contributed by atoms with Crippen molar-refractivity contribution >= 4 is 17.4 Å². The number of pyridine rings is 2. The quantitative estimate of drug-likeness (QED) is 0.537. The average molecular weight is 451 g/mol. The van der Waals surface area contributed by atoms with E-state index in [9.17, 15) is 4.79 Å². The molecule has 33 heavy (non-hydrogen) atoms. The minimum Gasteiger partial charge on any atom is -0.399 e. The summed E-state index contributed by atoms with van der Waals surface area (Å²) >= 11 is 0. The van der Waals surface area contributed by atoms with Gasteiger partial charge in [0.1, 0.15) is 12.9 Å². The van der Waals surface area contributed by atoms with Gasteiger partial charge >= 0.3 is 0 Å². The number of nitrogens with two attached hydrogens (primary N) is 1. The lowest BCUT2D eigenvalue weighted by molar-refractivity contribution is -0.138. The van der Waals surface area contributed by atoms with Crippen LogP contribution >= 0.6 is 0 Å². The van der Waals surface area contributed by atoms with Crippen molar-refractivity contribution in [3.8, 4) is 0 Å². The van der Waals surface area contributed by atoms with E-state index in [1.54, 1.807) is 19.5 Å². The molecule has 0 saturated carbocycles. The first-order valence-corrected chi connectivity index (χ1v) is 11.8. The zero-order valence-electron chi connectivity index (χ0n) is 19.6. The highest BCUT2D eigenvalue weighted by molar-refractivity contribution is 6.01. The van der Waals surface area contributed by atoms with Gasteiger partial charge in [0.15, 0.2) is 0 Å². The number of oxime groups is 1. The SMILES string of the molecule is CON=C(c1cccnc1)C1CCN(C(=O)C2CCN(C(C)c3ccnc(N)c3)CC2)CC1. The van der Waals surface area contributed by atoms with Crippen molar-refractivity contribution in [1.29, 1.82) is 0 Å². The third-order valence-electron chi connectivity index (χ3n) is 7.05. The Morgan fingerprint density at radius 2 is 1.85 bits per heavy atom. The summed E-state index contributed by atoms with van der Waals surface area (Å²) < 4.78 is 0. The predicted molar refractivity (Wildman–Crippen MR) is 128 cm³/mol. The van der Waals surface area contributed by atoms with E-state index < -0.39 is 0 Å². The molecular weight excluding hydrogens is 416 g/mol. The smallest absolute Gasteiger partial charge is 0.225 e. The molecule has 2 saturated heterocycles. The Balaban J connectivity index is 1.29. The maximum Gasteiger partial charge on any atom is 0.225 e. The van der Waals surface area contributed by atoms with Crippen molar-refractivity contribution < 1.29 is 9.63 Å². The van der Waals surface area contributed by atoms with Crippen LogP contribution in [0.25, 0.3) is 0 Å². The van der Waals surface area contributed by atoms with Gasteiger partial charge in [-0.2, -0.15) is 0 Å². The van der Waals surface area contributed by atoms with E-state index in [1.165, 1.54) is 5.56 Å². The van der Waals surface area contributed by atoms with Crippen LogP contribution < -0.4 is 5.73 Å². The zero-order chi connectivity index (χ0) is 23.2. The molecule has 8 nitrogen and oxygen atoms in total. The lowest BCUT2D eigenvalue weighted by Crippen LogP contribution is -2.46. The van der Waals surface area contributed by atoms with E-state index in [0.29, 0.717) is 11.7 Å². The van der Waals surface area contributed by atoms with Crippen LogP contribution in [-0.4, -0.2) is 64.7 Å². The number of amides is 1. The minimum absolute atomic E-state index is 0.109. The Labute approximate surface area is 195 Å². The number of nitrogens with zero attached hydrogens (tertiary/aromatic N) is 5. The number of anilines is 1. The second-order valence-electron chi connectivity index (χ2n) is 9.00. The Bertz CT molecular complexity index is 950. The van der Waals surface area contributed by atoms with E-state index in [-0.39, 0.29) is 17.9 Å². The Kier molecular flexibility index (Phi) is 7.54. The molecule has 2 N–H and O–H groups in total. The van der Waals surface area contributed by atoms with E-state index in [1.807, 2.05) is 30.5 Å². The van der Waals surface area contributed by atoms with Crippen LogP contribution in [0.1, 0.15) is 49.8 Å². The first-order chi connectivity index (χ1) is 16.1. The van der Waals surface area contributed by atoms with Gasteiger partial charge in [0, 0.05) is 55.1 Å². The topological polar surface area (TPSA) is 96.9 Å². The second-order valence-corrected chi connectivity index (χ2v) is 9.00. The largest absolute Gasteiger partial charge is 0.399 e. The molecular formula is C25H34N6O2. The molecule has 2 aromatic heterocycles. The fourth-order valence-electron chi connectivity index (χ4n) is 5.08. The summed E-state index contributed by atoms with van der Waals surface area (Å²) in [6, 6.07) is 8.16. The van der Waals surface area contributed by atoms with Crippen molar-refractivity contribution in [3.63, 3.8) is 0 Å². The van der Waals surface area contributed by atoms with Gasteiger partial charge in [0.05, 0.1) is 5.71 Å². The molecule has 8 heteroatoms. The molecule has 176 valence electrons. The van der Waals surface area contributed by atoms with Gasteiger partial charge in [-0.15, -0.1) is 0 Å². The summed E-state index contributed by atoms with van der Waals surface area (Å²) in [7, 11) is 1.58. The molecule has 1 amide bonds. The predicted octanol–water partition coefficient (Wildman–Crippen LogP) is 3.12. The van der Waals surface area contributed by atoms with Crippen LogP contribution in [0.3, 0.4) is 0 Å². The Morgan fingerprint density at radius 3 is 2.48 bits per heavy atom. The standard InChI is InChI=1S/C25H34N6O2/c1-18(21-5-11-28-23(26)16-21)30-12-8-20(9-13-30)25(32)31-14-6-19(7-15-31)24(29-33-2)22-4-3-10-27-17-22/h3-5,10-11,16-20H,6-9,12-15H2,1-2H3,(H2,26,28). The number of carbonyl (C=O) groups is 1. The lowest BCUT2D eigenvalue weighted by atomic mass is 9.87. The highest BCUT2D eigenvalue weighted by atomic mass is 16.6. The van der Waals surface area contributed by atoms with E-state index in [2.05, 4.69) is 31.8 Å². The molecule has 0 bridgehead atoms. The molecule has 4 heterocycles. The Hall–Kier alpha value is -3.00. The third kappa shape index (κ3) is 5.50. The Morgan fingerprint density at radius 1 is 1.12 bits per heavy atom. The number of piperidine rings is 2. The van der Waals surface area contributed by atoms with Crippen molar-refractivity contribution in [3.05, 3.63) is 54.0 Å². The average Bonchev–Trinajstić information content (AvgIpc) is 2.87. The molecule has 0 spiro atoms. The number of aromatic nitrogens is 2. The molecule has 1 unspecified atom stereocenters. The molecule has 1 atom stereocenters. The molecule has 0 aromatic carbocycles. The molecule has 0 aliphatic carbocycles. The highest BCUT2D eigenvalue weighted by Crippen LogP contribution is 2.30. The van der Waals surface area contributed by atoms with Crippen molar-refractivity contribution in [1.82, 2.24) is 19.8 Å². The summed E-state index contributed by atoms with van der Waals surface area (Å²) in [4.78, 5) is 31.1. The normalized spacial score (nSPS) is 19.9. The molecule has 2 aliphatic rings. The van der Waals surface area contributed by atoms with Gasteiger partial charge in [-0.05, 0) is 75.5 Å². The van der Waals surface area contributed by atoms with Crippen LogP contribution in [0.2, 0.25) is 0 Å². The van der Waals surface area contributed by atoms with E-state index >= 15 is 0 Å². The van der Waals surface area contributed by atoms with Gasteiger partial charge in [-0.1, -0.05) is 5.16 Å². The maximum absolute atomic E-state index is 13.2. The monoisotopic (exact) mass is 450 g/mol. The number of rotatable bonds is 6. The molecule has 2 aromatic rings. The number of hydrogen-bond donors (Lipinski definition) is 1. The second kappa shape index (κ2) is 10.7. The van der Waals surface area contributed by atoms with Crippen LogP contribution in [0.5, 0.6) is 0 Å². The lowest BCUT2D eigenvalue weighted by Gasteiger charge is -2.39. The van der Waals surface area contributed by atoms with Crippen LogP contribution in [0.4, 0.5) is 5.82 Å². The van der Waals surface area contributed by atoms with Gasteiger partial charge in [-0.25, -0.2) is 4.98 Å². The number of nitrogen functional groups attached to an aromatic ring is 1. The first kappa shape index (κ1) is 23.2. The van der Waals surface area contributed by atoms with Crippen LogP contribution in [0.15, 0.2) is 48.0 Å². The zero-order valence-corrected chi connectivity index (χ0v) is 19.6. The number of hydrogen-bond acceptors (Lipinski definition) is 7. The maximum atomic E-state index is 13.2. The molecule has 2 fully saturated rings. The van der Waals surface area contributed by atoms with Gasteiger partial charge < -0.3 is 15.5 Å². The van der Waals surface area contributed by atoms with Gasteiger partial charge in [0.25, 0.3) is 0 Å². The van der Waals surface area contributed by atoms with Crippen LogP contribution in [0, 0.1) is 11.8 Å². The third-order valence-corrected chi connectivity index (χ3v) is 7.05. The first-order valence-electron chi connectivity index (χ1n) is 11.8. The molecule has 4 rings (SSSR count). The fraction of sp³-hybridized carbons (Fsp3) is 0.520. The van der Waals surface area contributed by atoms with Crippen molar-refractivity contribution in [2.45, 2.75) is 38.6 Å². The fourth-order valence-corrected chi connectivity index (χ4v) is 5.08. The summed E-state index contributed by atoms with van der Waals surface area (Å²) in [5.74, 6) is 1.24. The van der Waals surface area contributed by atoms with Crippen molar-refractivity contribution in [2.75, 3.05) is 39.0 Å². The minimum atomic E-state index is 0.109. The summed E-state index contributed by atoms with van der Waals surface area (Å²) in [6.45, 7) is 5.56.